The van der Waals surface area contributed by atoms with Crippen molar-refractivity contribution in [2.24, 2.45) is 0 Å². The van der Waals surface area contributed by atoms with Crippen LogP contribution >= 0.6 is 0 Å². The maximum atomic E-state index is 5.57. The first kappa shape index (κ1) is 13.1. The van der Waals surface area contributed by atoms with Gasteiger partial charge in [-0.2, -0.15) is 15.0 Å². The number of nitrogens with zero attached hydrogens (tertiary/aromatic N) is 3. The Morgan fingerprint density at radius 3 is 2.11 bits per heavy atom. The van der Waals surface area contributed by atoms with Crippen molar-refractivity contribution in [3.8, 4) is 5.75 Å². The van der Waals surface area contributed by atoms with Gasteiger partial charge in [0.15, 0.2) is 5.82 Å². The average Bonchev–Trinajstić information content (AvgIpc) is 2.36. The number of hydrogen-bond donors (Lipinski definition) is 2. The molecule has 1 heterocycles. The van der Waals surface area contributed by atoms with Gasteiger partial charge in [0.25, 0.3) is 0 Å². The van der Waals surface area contributed by atoms with Crippen molar-refractivity contribution < 1.29 is 4.74 Å². The molecule has 0 amide bonds. The van der Waals surface area contributed by atoms with Gasteiger partial charge in [-0.25, -0.2) is 0 Å². The lowest BCUT2D eigenvalue weighted by atomic mass is 10.0. The van der Waals surface area contributed by atoms with E-state index in [9.17, 15) is 0 Å². The maximum Gasteiger partial charge on any atom is 0.225 e. The summed E-state index contributed by atoms with van der Waals surface area (Å²) in [4.78, 5) is 11.6. The Balaban J connectivity index is 2.02. The SMILES string of the molecule is CC(C)c1ccc(OCc2nc(N)nc(N)n2)cc1. The molecule has 4 N–H and O–H groups in total. The van der Waals surface area contributed by atoms with Gasteiger partial charge in [-0.15, -0.1) is 0 Å². The fourth-order valence-corrected chi connectivity index (χ4v) is 1.62. The third-order valence-corrected chi connectivity index (χ3v) is 2.63. The minimum atomic E-state index is 0.0984. The van der Waals surface area contributed by atoms with E-state index < -0.39 is 0 Å². The molecule has 2 aromatic rings. The molecule has 0 atom stereocenters. The third kappa shape index (κ3) is 3.54. The molecule has 6 heteroatoms. The Morgan fingerprint density at radius 1 is 1.00 bits per heavy atom. The molecule has 0 spiro atoms. The number of nitrogens with two attached hydrogens (primary N) is 2. The van der Waals surface area contributed by atoms with E-state index in [4.69, 9.17) is 16.2 Å². The zero-order valence-electron chi connectivity index (χ0n) is 11.0. The predicted octanol–water partition coefficient (Wildman–Crippen LogP) is 1.74. The van der Waals surface area contributed by atoms with E-state index >= 15 is 0 Å². The van der Waals surface area contributed by atoms with Crippen molar-refractivity contribution in [3.05, 3.63) is 35.7 Å². The summed E-state index contributed by atoms with van der Waals surface area (Å²) >= 11 is 0. The summed E-state index contributed by atoms with van der Waals surface area (Å²) in [6.45, 7) is 4.50. The largest absolute Gasteiger partial charge is 0.486 e. The summed E-state index contributed by atoms with van der Waals surface area (Å²) in [7, 11) is 0. The van der Waals surface area contributed by atoms with Crippen molar-refractivity contribution >= 4 is 11.9 Å². The van der Waals surface area contributed by atoms with Gasteiger partial charge in [0.1, 0.15) is 12.4 Å². The lowest BCUT2D eigenvalue weighted by molar-refractivity contribution is 0.296. The summed E-state index contributed by atoms with van der Waals surface area (Å²) in [5.74, 6) is 1.86. The summed E-state index contributed by atoms with van der Waals surface area (Å²) < 4.78 is 5.57. The predicted molar refractivity (Wildman–Crippen MR) is 73.5 cm³/mol. The van der Waals surface area contributed by atoms with Crippen LogP contribution in [0.4, 0.5) is 11.9 Å². The second-order valence-electron chi connectivity index (χ2n) is 4.48. The molecule has 2 rings (SSSR count). The summed E-state index contributed by atoms with van der Waals surface area (Å²) in [5, 5.41) is 0. The van der Waals surface area contributed by atoms with Gasteiger partial charge in [0.05, 0.1) is 0 Å². The highest BCUT2D eigenvalue weighted by molar-refractivity contribution is 5.29. The molecule has 19 heavy (non-hydrogen) atoms. The average molecular weight is 259 g/mol. The normalized spacial score (nSPS) is 10.7. The number of nitrogen functional groups attached to an aromatic ring is 2. The molecular weight excluding hydrogens is 242 g/mol. The number of rotatable bonds is 4. The van der Waals surface area contributed by atoms with Gasteiger partial charge in [-0.1, -0.05) is 26.0 Å². The Bertz CT molecular complexity index is 533. The van der Waals surface area contributed by atoms with Crippen LogP contribution < -0.4 is 16.2 Å². The van der Waals surface area contributed by atoms with Gasteiger partial charge >= 0.3 is 0 Å². The van der Waals surface area contributed by atoms with E-state index in [-0.39, 0.29) is 18.5 Å². The van der Waals surface area contributed by atoms with Crippen LogP contribution in [0.3, 0.4) is 0 Å². The molecular formula is C13H17N5O. The maximum absolute atomic E-state index is 5.57. The molecule has 0 unspecified atom stereocenters. The Morgan fingerprint density at radius 2 is 1.58 bits per heavy atom. The van der Waals surface area contributed by atoms with Crippen molar-refractivity contribution in [2.45, 2.75) is 26.4 Å². The number of anilines is 2. The molecule has 0 fully saturated rings. The minimum Gasteiger partial charge on any atom is -0.486 e. The van der Waals surface area contributed by atoms with Crippen LogP contribution in [0.2, 0.25) is 0 Å². The quantitative estimate of drug-likeness (QED) is 0.867. The van der Waals surface area contributed by atoms with E-state index in [0.717, 1.165) is 5.75 Å². The highest BCUT2D eigenvalue weighted by atomic mass is 16.5. The Kier molecular flexibility index (Phi) is 3.79. The fourth-order valence-electron chi connectivity index (χ4n) is 1.62. The lowest BCUT2D eigenvalue weighted by Crippen LogP contribution is -2.09. The topological polar surface area (TPSA) is 99.9 Å². The highest BCUT2D eigenvalue weighted by Gasteiger charge is 2.04. The molecule has 0 saturated heterocycles. The third-order valence-electron chi connectivity index (χ3n) is 2.63. The molecule has 100 valence electrons. The molecule has 0 aliphatic carbocycles. The van der Waals surface area contributed by atoms with Crippen LogP contribution in [0.5, 0.6) is 5.75 Å². The second-order valence-corrected chi connectivity index (χ2v) is 4.48. The number of aromatic nitrogens is 3. The van der Waals surface area contributed by atoms with E-state index in [0.29, 0.717) is 11.7 Å². The van der Waals surface area contributed by atoms with Crippen LogP contribution in [0.25, 0.3) is 0 Å². The van der Waals surface area contributed by atoms with E-state index in [1.54, 1.807) is 0 Å². The molecule has 6 nitrogen and oxygen atoms in total. The summed E-state index contributed by atoms with van der Waals surface area (Å²) in [6, 6.07) is 7.92. The second kappa shape index (κ2) is 5.51. The van der Waals surface area contributed by atoms with Gasteiger partial charge in [-0.05, 0) is 23.6 Å². The number of ether oxygens (including phenoxy) is 1. The molecule has 1 aromatic carbocycles. The van der Waals surface area contributed by atoms with Crippen LogP contribution in [0.1, 0.15) is 31.2 Å². The molecule has 0 aliphatic heterocycles. The Labute approximate surface area is 111 Å². The number of hydrogen-bond acceptors (Lipinski definition) is 6. The first-order valence-corrected chi connectivity index (χ1v) is 6.03. The monoisotopic (exact) mass is 259 g/mol. The minimum absolute atomic E-state index is 0.0984. The van der Waals surface area contributed by atoms with Crippen molar-refractivity contribution in [1.29, 1.82) is 0 Å². The lowest BCUT2D eigenvalue weighted by Gasteiger charge is -2.08. The van der Waals surface area contributed by atoms with Crippen LogP contribution in [0.15, 0.2) is 24.3 Å². The fraction of sp³-hybridized carbons (Fsp3) is 0.308. The van der Waals surface area contributed by atoms with Crippen molar-refractivity contribution in [2.75, 3.05) is 11.5 Å². The van der Waals surface area contributed by atoms with Gasteiger partial charge < -0.3 is 16.2 Å². The van der Waals surface area contributed by atoms with Crippen LogP contribution in [-0.2, 0) is 6.61 Å². The van der Waals surface area contributed by atoms with E-state index in [2.05, 4.69) is 28.8 Å². The molecule has 0 aliphatic rings. The van der Waals surface area contributed by atoms with Crippen LogP contribution in [-0.4, -0.2) is 15.0 Å². The Hall–Kier alpha value is -2.37. The van der Waals surface area contributed by atoms with Gasteiger partial charge in [0.2, 0.25) is 11.9 Å². The number of benzene rings is 1. The summed E-state index contributed by atoms with van der Waals surface area (Å²) in [5.41, 5.74) is 12.2. The van der Waals surface area contributed by atoms with Gasteiger partial charge in [-0.3, -0.25) is 0 Å². The van der Waals surface area contributed by atoms with E-state index in [1.807, 2.05) is 24.3 Å². The molecule has 0 bridgehead atoms. The zero-order chi connectivity index (χ0) is 13.8. The smallest absolute Gasteiger partial charge is 0.225 e. The first-order valence-electron chi connectivity index (χ1n) is 6.03. The molecule has 1 aromatic heterocycles. The highest BCUT2D eigenvalue weighted by Crippen LogP contribution is 2.19. The molecule has 0 radical (unpaired) electrons. The molecule has 0 saturated carbocycles. The summed E-state index contributed by atoms with van der Waals surface area (Å²) in [6.07, 6.45) is 0. The van der Waals surface area contributed by atoms with Crippen LogP contribution in [0, 0.1) is 0 Å². The zero-order valence-corrected chi connectivity index (χ0v) is 11.0. The van der Waals surface area contributed by atoms with Gasteiger partial charge in [0, 0.05) is 0 Å². The standard InChI is InChI=1S/C13H17N5O/c1-8(2)9-3-5-10(6-4-9)19-7-11-16-12(14)18-13(15)17-11/h3-6,8H,7H2,1-2H3,(H4,14,15,16,17,18). The van der Waals surface area contributed by atoms with Crippen molar-refractivity contribution in [3.63, 3.8) is 0 Å². The van der Waals surface area contributed by atoms with E-state index in [1.165, 1.54) is 5.56 Å². The van der Waals surface area contributed by atoms with Crippen molar-refractivity contribution in [1.82, 2.24) is 15.0 Å². The first-order chi connectivity index (χ1) is 9.04.